The molecule has 2 N–H and O–H groups in total. The first-order valence-corrected chi connectivity index (χ1v) is 5.39. The van der Waals surface area contributed by atoms with E-state index in [4.69, 9.17) is 16.8 Å². The highest BCUT2D eigenvalue weighted by Gasteiger charge is 2.12. The van der Waals surface area contributed by atoms with Crippen molar-refractivity contribution in [1.82, 2.24) is 14.5 Å². The van der Waals surface area contributed by atoms with Crippen molar-refractivity contribution in [1.29, 1.82) is 0 Å². The van der Waals surface area contributed by atoms with E-state index in [1.54, 1.807) is 17.0 Å². The summed E-state index contributed by atoms with van der Waals surface area (Å²) in [4.78, 5) is 19.1. The lowest BCUT2D eigenvalue weighted by Gasteiger charge is -2.00. The number of halogens is 1. The number of nitrogens with one attached hydrogen (secondary N) is 1. The number of aromatic nitrogens is 3. The van der Waals surface area contributed by atoms with Gasteiger partial charge in [-0.3, -0.25) is 0 Å². The van der Waals surface area contributed by atoms with E-state index >= 15 is 0 Å². The Bertz CT molecular complexity index is 510. The Morgan fingerprint density at radius 3 is 3.06 bits per heavy atom. The molecule has 2 aromatic rings. The number of thiazole rings is 1. The third-order valence-electron chi connectivity index (χ3n) is 1.76. The first-order chi connectivity index (χ1) is 7.65. The summed E-state index contributed by atoms with van der Waals surface area (Å²) in [6.07, 6.45) is 4.82. The van der Waals surface area contributed by atoms with Gasteiger partial charge >= 0.3 is 5.03 Å². The van der Waals surface area contributed by atoms with Gasteiger partial charge < -0.3 is 4.57 Å². The van der Waals surface area contributed by atoms with E-state index in [9.17, 15) is 4.91 Å². The summed E-state index contributed by atoms with van der Waals surface area (Å²) in [5.41, 5.74) is 2.12. The Kier molecular flexibility index (Phi) is 3.02. The fraction of sp³-hybridized carbons (Fsp3) is 0.143. The molecule has 0 aliphatic heterocycles. The van der Waals surface area contributed by atoms with E-state index in [1.807, 2.05) is 0 Å². The normalized spacial score (nSPS) is 10.3. The minimum absolute atomic E-state index is 0.238. The van der Waals surface area contributed by atoms with Crippen LogP contribution < -0.4 is 5.43 Å². The predicted molar refractivity (Wildman–Crippen MR) is 57.5 cm³/mol. The van der Waals surface area contributed by atoms with Gasteiger partial charge in [-0.25, -0.2) is 15.2 Å². The summed E-state index contributed by atoms with van der Waals surface area (Å²) >= 11 is 7.03. The van der Waals surface area contributed by atoms with Gasteiger partial charge in [0.05, 0.1) is 6.54 Å². The average Bonchev–Trinajstić information content (AvgIpc) is 2.77. The number of anilines is 1. The Hall–Kier alpha value is -1.67. The fourth-order valence-electron chi connectivity index (χ4n) is 1.16. The van der Waals surface area contributed by atoms with E-state index in [1.165, 1.54) is 17.5 Å². The minimum atomic E-state index is -0.404. The van der Waals surface area contributed by atoms with Crippen molar-refractivity contribution in [3.05, 3.63) is 32.8 Å². The third-order valence-corrected chi connectivity index (χ3v) is 2.86. The van der Waals surface area contributed by atoms with Crippen LogP contribution in [0.25, 0.3) is 0 Å². The van der Waals surface area contributed by atoms with Crippen molar-refractivity contribution in [3.63, 3.8) is 0 Å². The Morgan fingerprint density at radius 1 is 1.62 bits per heavy atom. The van der Waals surface area contributed by atoms with E-state index in [0.29, 0.717) is 11.0 Å². The van der Waals surface area contributed by atoms with Crippen LogP contribution in [0, 0.1) is 4.91 Å². The Morgan fingerprint density at radius 2 is 2.44 bits per heavy atom. The number of hydrogen-bond donors (Lipinski definition) is 2. The summed E-state index contributed by atoms with van der Waals surface area (Å²) < 4.78 is 2.10. The molecule has 0 atom stereocenters. The molecule has 2 heterocycles. The maximum absolute atomic E-state index is 10.4. The van der Waals surface area contributed by atoms with Gasteiger partial charge in [-0.05, 0) is 5.43 Å². The van der Waals surface area contributed by atoms with Gasteiger partial charge in [0.1, 0.15) is 4.91 Å². The summed E-state index contributed by atoms with van der Waals surface area (Å²) in [6.45, 7) is 0.473. The molecule has 7 nitrogen and oxygen atoms in total. The van der Waals surface area contributed by atoms with Crippen LogP contribution in [0.15, 0.2) is 18.6 Å². The summed E-state index contributed by atoms with van der Waals surface area (Å²) in [5.74, 6) is 0.238. The average molecular weight is 261 g/mol. The highest BCUT2D eigenvalue weighted by atomic mass is 35.5. The molecule has 2 rings (SSSR count). The highest BCUT2D eigenvalue weighted by molar-refractivity contribution is 7.15. The largest absolute Gasteiger partial charge is 0.362 e. The molecule has 0 aliphatic carbocycles. The molecule has 9 heteroatoms. The lowest BCUT2D eigenvalue weighted by Crippen LogP contribution is -2.15. The van der Waals surface area contributed by atoms with Crippen molar-refractivity contribution >= 4 is 28.9 Å². The van der Waals surface area contributed by atoms with Crippen molar-refractivity contribution in [2.45, 2.75) is 6.54 Å². The highest BCUT2D eigenvalue weighted by Crippen LogP contribution is 2.19. The second-order valence-electron chi connectivity index (χ2n) is 2.84. The topological polar surface area (TPSA) is 83.0 Å². The Labute approximate surface area is 98.8 Å². The molecule has 0 spiro atoms. The molecule has 84 valence electrons. The zero-order valence-corrected chi connectivity index (χ0v) is 9.44. The monoisotopic (exact) mass is 260 g/mol. The second-order valence-corrected chi connectivity index (χ2v) is 4.54. The van der Waals surface area contributed by atoms with Crippen LogP contribution in [0.4, 0.5) is 5.95 Å². The third kappa shape index (κ3) is 2.47. The van der Waals surface area contributed by atoms with E-state index in [0.717, 1.165) is 4.88 Å². The number of hydrazine groups is 1. The van der Waals surface area contributed by atoms with Crippen LogP contribution in [0.5, 0.6) is 0 Å². The molecular formula is C7H7ClN5O2S+. The van der Waals surface area contributed by atoms with Gasteiger partial charge in [0.25, 0.3) is 5.95 Å². The van der Waals surface area contributed by atoms with Crippen LogP contribution in [0.3, 0.4) is 0 Å². The molecule has 2 aromatic heterocycles. The van der Waals surface area contributed by atoms with Crippen LogP contribution >= 0.6 is 22.9 Å². The van der Waals surface area contributed by atoms with Crippen LogP contribution in [0.1, 0.15) is 4.88 Å². The minimum Gasteiger partial charge on any atom is -0.308 e. The standard InChI is InChI=1S/C7H7ClN5O2S/c8-6-10-3-5(16-6)4-12-2-1-9-7(12)11-13(14)15/h1-3H,4H2,(H,9,11)(H,14,15)/q+1. The molecular weight excluding hydrogens is 254 g/mol. The SMILES string of the molecule is O=[N+](O)Nc1nccn1Cc1cnc(Cl)s1. The second kappa shape index (κ2) is 4.45. The quantitative estimate of drug-likeness (QED) is 0.815. The van der Waals surface area contributed by atoms with E-state index in [-0.39, 0.29) is 5.95 Å². The van der Waals surface area contributed by atoms with Crippen molar-refractivity contribution in [3.8, 4) is 0 Å². The van der Waals surface area contributed by atoms with Gasteiger partial charge in [0.15, 0.2) is 4.47 Å². The smallest absolute Gasteiger partial charge is 0.308 e. The number of hydrogen-bond acceptors (Lipinski definition) is 4. The summed E-state index contributed by atoms with van der Waals surface area (Å²) in [5, 5.41) is 8.10. The number of imidazole rings is 1. The van der Waals surface area contributed by atoms with Crippen LogP contribution in [-0.4, -0.2) is 24.8 Å². The Balaban J connectivity index is 2.15. The molecule has 16 heavy (non-hydrogen) atoms. The summed E-state index contributed by atoms with van der Waals surface area (Å²) in [7, 11) is 0. The number of rotatable bonds is 4. The fourth-order valence-corrected chi connectivity index (χ4v) is 2.14. The molecule has 0 fully saturated rings. The van der Waals surface area contributed by atoms with Crippen LogP contribution in [0.2, 0.25) is 4.47 Å². The van der Waals surface area contributed by atoms with Gasteiger partial charge in [0, 0.05) is 23.5 Å². The molecule has 0 saturated carbocycles. The first kappa shape index (κ1) is 10.8. The van der Waals surface area contributed by atoms with E-state index in [2.05, 4.69) is 15.4 Å². The van der Waals surface area contributed by atoms with Gasteiger partial charge in [-0.2, -0.15) is 0 Å². The van der Waals surface area contributed by atoms with Crippen molar-refractivity contribution < 1.29 is 10.2 Å². The molecule has 0 saturated heterocycles. The lowest BCUT2D eigenvalue weighted by atomic mass is 10.5. The molecule has 0 aromatic carbocycles. The lowest BCUT2D eigenvalue weighted by molar-refractivity contribution is -0.770. The molecule has 0 radical (unpaired) electrons. The predicted octanol–water partition coefficient (Wildman–Crippen LogP) is 1.54. The zero-order valence-electron chi connectivity index (χ0n) is 7.87. The number of nitrogens with zero attached hydrogens (tertiary/aromatic N) is 4. The van der Waals surface area contributed by atoms with Crippen molar-refractivity contribution in [2.75, 3.05) is 5.43 Å². The maximum Gasteiger partial charge on any atom is 0.362 e. The molecule has 0 aliphatic rings. The molecule has 0 unspecified atom stereocenters. The van der Waals surface area contributed by atoms with Gasteiger partial charge in [-0.15, -0.1) is 11.3 Å². The van der Waals surface area contributed by atoms with E-state index < -0.39 is 5.03 Å². The first-order valence-electron chi connectivity index (χ1n) is 4.19. The maximum atomic E-state index is 10.4. The van der Waals surface area contributed by atoms with Gasteiger partial charge in [-0.1, -0.05) is 11.6 Å². The molecule has 0 amide bonds. The van der Waals surface area contributed by atoms with Gasteiger partial charge in [0.2, 0.25) is 0 Å². The summed E-state index contributed by atoms with van der Waals surface area (Å²) in [6, 6.07) is 0. The molecule has 0 bridgehead atoms. The van der Waals surface area contributed by atoms with Crippen LogP contribution in [-0.2, 0) is 6.54 Å². The van der Waals surface area contributed by atoms with Crippen molar-refractivity contribution in [2.24, 2.45) is 0 Å². The zero-order chi connectivity index (χ0) is 11.5.